The summed E-state index contributed by atoms with van der Waals surface area (Å²) in [5.74, 6) is 1.44. The van der Waals surface area contributed by atoms with Gasteiger partial charge in [-0.25, -0.2) is 4.98 Å². The number of ketones is 1. The van der Waals surface area contributed by atoms with Crippen molar-refractivity contribution in [1.29, 1.82) is 0 Å². The molecule has 0 aliphatic heterocycles. The van der Waals surface area contributed by atoms with E-state index in [0.29, 0.717) is 17.9 Å². The van der Waals surface area contributed by atoms with Crippen LogP contribution in [-0.2, 0) is 0 Å². The Kier molecular flexibility index (Phi) is 5.61. The van der Waals surface area contributed by atoms with Gasteiger partial charge in [0.05, 0.1) is 17.2 Å². The molecule has 0 aliphatic rings. The van der Waals surface area contributed by atoms with Gasteiger partial charge in [-0.3, -0.25) is 4.79 Å². The molecule has 0 atom stereocenters. The Morgan fingerprint density at radius 2 is 2.10 bits per heavy atom. The van der Waals surface area contributed by atoms with E-state index in [4.69, 9.17) is 4.74 Å². The summed E-state index contributed by atoms with van der Waals surface area (Å²) < 4.78 is 6.63. The van der Waals surface area contributed by atoms with E-state index >= 15 is 0 Å². The molecule has 0 N–H and O–H groups in total. The highest BCUT2D eigenvalue weighted by atomic mass is 79.9. The van der Waals surface area contributed by atoms with E-state index in [-0.39, 0.29) is 5.78 Å². The molecule has 20 heavy (non-hydrogen) atoms. The Hall–Kier alpha value is -1.33. The van der Waals surface area contributed by atoms with Gasteiger partial charge in [0.2, 0.25) is 0 Å². The number of hydrogen-bond donors (Lipinski definition) is 0. The van der Waals surface area contributed by atoms with Gasteiger partial charge in [0.25, 0.3) is 0 Å². The van der Waals surface area contributed by atoms with Crippen LogP contribution in [0.3, 0.4) is 0 Å². The van der Waals surface area contributed by atoms with Crippen molar-refractivity contribution in [2.45, 2.75) is 11.9 Å². The van der Waals surface area contributed by atoms with Crippen molar-refractivity contribution in [3.63, 3.8) is 0 Å². The first-order valence-electron chi connectivity index (χ1n) is 6.14. The lowest BCUT2D eigenvalue weighted by molar-refractivity contribution is 0.101. The second-order valence-corrected chi connectivity index (χ2v) is 6.09. The molecule has 1 aromatic carbocycles. The zero-order valence-corrected chi connectivity index (χ0v) is 13.4. The van der Waals surface area contributed by atoms with Crippen molar-refractivity contribution in [3.05, 3.63) is 52.6 Å². The van der Waals surface area contributed by atoms with E-state index in [1.165, 1.54) is 0 Å². The topological polar surface area (TPSA) is 39.2 Å². The standard InChI is InChI=1S/C15H14BrNO2S/c1-11(18)13-4-2-3-5-14(13)19-8-9-20-15-7-6-12(16)10-17-15/h2-7,10H,8-9H2,1H3. The molecule has 0 fully saturated rings. The van der Waals surface area contributed by atoms with Gasteiger partial charge >= 0.3 is 0 Å². The molecule has 1 heterocycles. The van der Waals surface area contributed by atoms with Crippen LogP contribution in [0, 0.1) is 0 Å². The largest absolute Gasteiger partial charge is 0.492 e. The Labute approximate surface area is 130 Å². The number of aromatic nitrogens is 1. The highest BCUT2D eigenvalue weighted by Gasteiger charge is 2.07. The summed E-state index contributed by atoms with van der Waals surface area (Å²) in [7, 11) is 0. The molecular weight excluding hydrogens is 338 g/mol. The lowest BCUT2D eigenvalue weighted by Gasteiger charge is -2.09. The number of rotatable bonds is 6. The fraction of sp³-hybridized carbons (Fsp3) is 0.200. The maximum Gasteiger partial charge on any atom is 0.163 e. The number of ether oxygens (including phenoxy) is 1. The molecule has 0 bridgehead atoms. The normalized spacial score (nSPS) is 10.3. The third-order valence-electron chi connectivity index (χ3n) is 2.56. The number of hydrogen-bond acceptors (Lipinski definition) is 4. The minimum absolute atomic E-state index is 0.0165. The first kappa shape index (κ1) is 15.1. The predicted octanol–water partition coefficient (Wildman–Crippen LogP) is 4.22. The molecule has 0 saturated heterocycles. The van der Waals surface area contributed by atoms with Crippen LogP contribution in [0.5, 0.6) is 5.75 Å². The van der Waals surface area contributed by atoms with Crippen LogP contribution < -0.4 is 4.74 Å². The van der Waals surface area contributed by atoms with Crippen LogP contribution in [0.25, 0.3) is 0 Å². The fourth-order valence-electron chi connectivity index (χ4n) is 1.63. The molecule has 0 radical (unpaired) electrons. The third kappa shape index (κ3) is 4.35. The van der Waals surface area contributed by atoms with Gasteiger partial charge in [-0.2, -0.15) is 0 Å². The average molecular weight is 352 g/mol. The summed E-state index contributed by atoms with van der Waals surface area (Å²) in [6, 6.07) is 11.2. The summed E-state index contributed by atoms with van der Waals surface area (Å²) in [6.45, 7) is 2.08. The summed E-state index contributed by atoms with van der Waals surface area (Å²) >= 11 is 4.97. The lowest BCUT2D eigenvalue weighted by Crippen LogP contribution is -2.04. The molecule has 5 heteroatoms. The number of thioether (sulfide) groups is 1. The molecule has 104 valence electrons. The maximum atomic E-state index is 11.5. The number of nitrogens with zero attached hydrogens (tertiary/aromatic N) is 1. The number of halogens is 1. The van der Waals surface area contributed by atoms with Crippen LogP contribution in [0.1, 0.15) is 17.3 Å². The minimum Gasteiger partial charge on any atom is -0.492 e. The van der Waals surface area contributed by atoms with Gasteiger partial charge in [-0.15, -0.1) is 11.8 Å². The number of pyridine rings is 1. The Morgan fingerprint density at radius 3 is 2.80 bits per heavy atom. The van der Waals surface area contributed by atoms with Gasteiger partial charge < -0.3 is 4.74 Å². The highest BCUT2D eigenvalue weighted by Crippen LogP contribution is 2.20. The van der Waals surface area contributed by atoms with Crippen LogP contribution in [0.4, 0.5) is 0 Å². The molecule has 3 nitrogen and oxygen atoms in total. The molecule has 2 aromatic rings. The van der Waals surface area contributed by atoms with Crippen molar-refractivity contribution in [1.82, 2.24) is 4.98 Å². The van der Waals surface area contributed by atoms with Crippen molar-refractivity contribution < 1.29 is 9.53 Å². The van der Waals surface area contributed by atoms with Gasteiger partial charge in [-0.1, -0.05) is 12.1 Å². The molecule has 0 unspecified atom stereocenters. The molecule has 1 aromatic heterocycles. The first-order valence-corrected chi connectivity index (χ1v) is 7.92. The summed E-state index contributed by atoms with van der Waals surface area (Å²) in [5, 5.41) is 0.955. The third-order valence-corrected chi connectivity index (χ3v) is 3.93. The number of carbonyl (C=O) groups is 1. The Morgan fingerprint density at radius 1 is 1.30 bits per heavy atom. The summed E-state index contributed by atoms with van der Waals surface area (Å²) in [6.07, 6.45) is 1.77. The molecule has 0 amide bonds. The zero-order chi connectivity index (χ0) is 14.4. The monoisotopic (exact) mass is 351 g/mol. The lowest BCUT2D eigenvalue weighted by atomic mass is 10.1. The van der Waals surface area contributed by atoms with Crippen molar-refractivity contribution in [2.24, 2.45) is 0 Å². The summed E-state index contributed by atoms with van der Waals surface area (Å²) in [5.41, 5.74) is 0.624. The van der Waals surface area contributed by atoms with Crippen LogP contribution in [0.15, 0.2) is 52.1 Å². The van der Waals surface area contributed by atoms with Gasteiger partial charge in [0.1, 0.15) is 5.75 Å². The van der Waals surface area contributed by atoms with Crippen molar-refractivity contribution >= 4 is 33.5 Å². The van der Waals surface area contributed by atoms with Crippen LogP contribution in [-0.4, -0.2) is 23.1 Å². The Balaban J connectivity index is 1.84. The predicted molar refractivity (Wildman–Crippen MR) is 84.6 cm³/mol. The van der Waals surface area contributed by atoms with E-state index in [1.54, 1.807) is 30.9 Å². The summed E-state index contributed by atoms with van der Waals surface area (Å²) in [4.78, 5) is 15.7. The molecule has 0 aliphatic carbocycles. The maximum absolute atomic E-state index is 11.5. The Bertz CT molecular complexity index is 587. The van der Waals surface area contributed by atoms with Crippen molar-refractivity contribution in [2.75, 3.05) is 12.4 Å². The second-order valence-electron chi connectivity index (χ2n) is 4.06. The quantitative estimate of drug-likeness (QED) is 0.443. The SMILES string of the molecule is CC(=O)c1ccccc1OCCSc1ccc(Br)cn1. The van der Waals surface area contributed by atoms with Gasteiger partial charge in [-0.05, 0) is 47.1 Å². The number of para-hydroxylation sites is 1. The molecule has 2 rings (SSSR count). The van der Waals surface area contributed by atoms with E-state index in [9.17, 15) is 4.79 Å². The minimum atomic E-state index is 0.0165. The fourth-order valence-corrected chi connectivity index (χ4v) is 2.53. The van der Waals surface area contributed by atoms with Crippen molar-refractivity contribution in [3.8, 4) is 5.75 Å². The van der Waals surface area contributed by atoms with E-state index < -0.39 is 0 Å². The van der Waals surface area contributed by atoms with Crippen LogP contribution >= 0.6 is 27.7 Å². The molecule has 0 spiro atoms. The van der Waals surface area contributed by atoms with E-state index in [0.717, 1.165) is 15.3 Å². The number of Topliss-reactive ketones (excluding diaryl/α,β-unsaturated/α-hetero) is 1. The molecular formula is C15H14BrNO2S. The second kappa shape index (κ2) is 7.45. The average Bonchev–Trinajstić information content (AvgIpc) is 2.46. The zero-order valence-electron chi connectivity index (χ0n) is 11.0. The van der Waals surface area contributed by atoms with E-state index in [1.807, 2.05) is 30.3 Å². The first-order chi connectivity index (χ1) is 9.66. The molecule has 0 saturated carbocycles. The number of carbonyl (C=O) groups excluding carboxylic acids is 1. The van der Waals surface area contributed by atoms with Crippen LogP contribution in [0.2, 0.25) is 0 Å². The number of benzene rings is 1. The smallest absolute Gasteiger partial charge is 0.163 e. The van der Waals surface area contributed by atoms with Gasteiger partial charge in [0.15, 0.2) is 5.78 Å². The van der Waals surface area contributed by atoms with E-state index in [2.05, 4.69) is 20.9 Å². The highest BCUT2D eigenvalue weighted by molar-refractivity contribution is 9.10. The van der Waals surface area contributed by atoms with Gasteiger partial charge in [0, 0.05) is 16.4 Å².